The van der Waals surface area contributed by atoms with Gasteiger partial charge >= 0.3 is 12.6 Å². The number of benzene rings is 1. The second-order valence-corrected chi connectivity index (χ2v) is 5.27. The number of halogens is 2. The van der Waals surface area contributed by atoms with Gasteiger partial charge in [-0.1, -0.05) is 0 Å². The monoisotopic (exact) mass is 329 g/mol. The van der Waals surface area contributed by atoms with Crippen LogP contribution >= 0.6 is 0 Å². The number of aliphatic carboxylic acids is 1. The van der Waals surface area contributed by atoms with Crippen molar-refractivity contribution < 1.29 is 33.0 Å². The summed E-state index contributed by atoms with van der Waals surface area (Å²) in [6.07, 6.45) is -1.06. The second kappa shape index (κ2) is 6.91. The van der Waals surface area contributed by atoms with E-state index in [9.17, 15) is 18.4 Å². The Bertz CT molecular complexity index is 597. The molecule has 1 unspecified atom stereocenters. The molecule has 1 saturated heterocycles. The van der Waals surface area contributed by atoms with E-state index in [0.717, 1.165) is 0 Å². The van der Waals surface area contributed by atoms with Crippen molar-refractivity contribution in [1.82, 2.24) is 4.90 Å². The SMILES string of the molecule is Cc1cc(C(=O)N2CCOC(C(=O)O)C2)cc(C)c1OC(F)F. The predicted octanol–water partition coefficient (Wildman–Crippen LogP) is 1.83. The average molecular weight is 329 g/mol. The van der Waals surface area contributed by atoms with Gasteiger partial charge in [-0.25, -0.2) is 4.79 Å². The molecule has 126 valence electrons. The van der Waals surface area contributed by atoms with Crippen LogP contribution in [0.15, 0.2) is 12.1 Å². The molecule has 1 N–H and O–H groups in total. The smallest absolute Gasteiger partial charge is 0.387 e. The summed E-state index contributed by atoms with van der Waals surface area (Å²) in [5, 5.41) is 8.97. The zero-order valence-electron chi connectivity index (χ0n) is 12.7. The van der Waals surface area contributed by atoms with Crippen molar-refractivity contribution in [2.45, 2.75) is 26.6 Å². The van der Waals surface area contributed by atoms with Gasteiger partial charge in [0, 0.05) is 12.1 Å². The number of rotatable bonds is 4. The molecule has 1 aromatic carbocycles. The molecule has 1 fully saturated rings. The molecule has 1 heterocycles. The quantitative estimate of drug-likeness (QED) is 0.912. The van der Waals surface area contributed by atoms with Gasteiger partial charge in [0.15, 0.2) is 6.10 Å². The lowest BCUT2D eigenvalue weighted by Crippen LogP contribution is -2.48. The van der Waals surface area contributed by atoms with Gasteiger partial charge in [-0.15, -0.1) is 0 Å². The van der Waals surface area contributed by atoms with Gasteiger partial charge in [0.05, 0.1) is 13.2 Å². The Morgan fingerprint density at radius 3 is 2.48 bits per heavy atom. The molecule has 1 aromatic rings. The topological polar surface area (TPSA) is 76.1 Å². The maximum absolute atomic E-state index is 12.5. The van der Waals surface area contributed by atoms with E-state index in [1.165, 1.54) is 17.0 Å². The Hall–Kier alpha value is -2.22. The third-order valence-electron chi connectivity index (χ3n) is 3.54. The van der Waals surface area contributed by atoms with Crippen LogP contribution in [0.4, 0.5) is 8.78 Å². The highest BCUT2D eigenvalue weighted by atomic mass is 19.3. The lowest BCUT2D eigenvalue weighted by molar-refractivity contribution is -0.154. The molecular formula is C15H17F2NO5. The number of amides is 1. The first-order valence-corrected chi connectivity index (χ1v) is 6.99. The standard InChI is InChI=1S/C15H17F2NO5/c1-8-5-10(6-9(2)12(8)23-15(16)17)13(19)18-3-4-22-11(7-18)14(20)21/h5-6,11,15H,3-4,7H2,1-2H3,(H,20,21). The third-order valence-corrected chi connectivity index (χ3v) is 3.54. The highest BCUT2D eigenvalue weighted by Crippen LogP contribution is 2.27. The van der Waals surface area contributed by atoms with E-state index < -0.39 is 18.7 Å². The highest BCUT2D eigenvalue weighted by Gasteiger charge is 2.30. The van der Waals surface area contributed by atoms with E-state index >= 15 is 0 Å². The number of morpholine rings is 1. The fourth-order valence-corrected chi connectivity index (χ4v) is 2.51. The van der Waals surface area contributed by atoms with Crippen LogP contribution in [0, 0.1) is 13.8 Å². The second-order valence-electron chi connectivity index (χ2n) is 5.27. The van der Waals surface area contributed by atoms with Crippen molar-refractivity contribution in [2.75, 3.05) is 19.7 Å². The molecule has 0 spiro atoms. The minimum atomic E-state index is -2.94. The van der Waals surface area contributed by atoms with Gasteiger partial charge < -0.3 is 19.5 Å². The summed E-state index contributed by atoms with van der Waals surface area (Å²) in [6, 6.07) is 2.91. The van der Waals surface area contributed by atoms with Crippen LogP contribution in [0.25, 0.3) is 0 Å². The molecule has 1 aliphatic heterocycles. The van der Waals surface area contributed by atoms with E-state index in [1.54, 1.807) is 13.8 Å². The Morgan fingerprint density at radius 1 is 1.35 bits per heavy atom. The predicted molar refractivity (Wildman–Crippen MR) is 75.8 cm³/mol. The van der Waals surface area contributed by atoms with Crippen LogP contribution in [-0.4, -0.2) is 54.3 Å². The zero-order valence-corrected chi connectivity index (χ0v) is 12.7. The maximum atomic E-state index is 12.5. The molecule has 6 nitrogen and oxygen atoms in total. The van der Waals surface area contributed by atoms with E-state index in [4.69, 9.17) is 9.84 Å². The molecule has 1 aliphatic rings. The normalized spacial score (nSPS) is 18.1. The molecule has 0 aliphatic carbocycles. The number of carboxylic acids is 1. The Kier molecular flexibility index (Phi) is 5.15. The van der Waals surface area contributed by atoms with E-state index in [-0.39, 0.29) is 31.4 Å². The van der Waals surface area contributed by atoms with Gasteiger partial charge in [-0.05, 0) is 37.1 Å². The third kappa shape index (κ3) is 3.95. The number of carbonyl (C=O) groups excluding carboxylic acids is 1. The molecule has 8 heteroatoms. The molecule has 0 radical (unpaired) electrons. The molecular weight excluding hydrogens is 312 g/mol. The van der Waals surface area contributed by atoms with Crippen molar-refractivity contribution in [2.24, 2.45) is 0 Å². The van der Waals surface area contributed by atoms with Crippen LogP contribution in [0.1, 0.15) is 21.5 Å². The van der Waals surface area contributed by atoms with Crippen molar-refractivity contribution in [1.29, 1.82) is 0 Å². The lowest BCUT2D eigenvalue weighted by atomic mass is 10.0. The summed E-state index contributed by atoms with van der Waals surface area (Å²) in [5.41, 5.74) is 1.13. The summed E-state index contributed by atoms with van der Waals surface area (Å²) in [7, 11) is 0. The first kappa shape index (κ1) is 17.1. The Balaban J connectivity index is 2.21. The summed E-state index contributed by atoms with van der Waals surface area (Å²) >= 11 is 0. The first-order valence-electron chi connectivity index (χ1n) is 6.99. The molecule has 1 atom stereocenters. The minimum absolute atomic E-state index is 0.0435. The van der Waals surface area contributed by atoms with E-state index in [1.807, 2.05) is 0 Å². The van der Waals surface area contributed by atoms with Crippen LogP contribution in [0.5, 0.6) is 5.75 Å². The summed E-state index contributed by atoms with van der Waals surface area (Å²) in [4.78, 5) is 24.8. The fourth-order valence-electron chi connectivity index (χ4n) is 2.51. The largest absolute Gasteiger partial charge is 0.479 e. The van der Waals surface area contributed by atoms with Crippen LogP contribution in [-0.2, 0) is 9.53 Å². The number of alkyl halides is 2. The van der Waals surface area contributed by atoms with Gasteiger partial charge in [0.25, 0.3) is 5.91 Å². The van der Waals surface area contributed by atoms with Crippen molar-refractivity contribution >= 4 is 11.9 Å². The number of carboxylic acid groups (broad SMARTS) is 1. The van der Waals surface area contributed by atoms with Crippen molar-refractivity contribution in [3.63, 3.8) is 0 Å². The summed E-state index contributed by atoms with van der Waals surface area (Å²) in [6.45, 7) is 0.552. The minimum Gasteiger partial charge on any atom is -0.479 e. The van der Waals surface area contributed by atoms with Crippen LogP contribution < -0.4 is 4.74 Å². The van der Waals surface area contributed by atoms with E-state index in [0.29, 0.717) is 16.7 Å². The summed E-state index contributed by atoms with van der Waals surface area (Å²) in [5.74, 6) is -1.45. The van der Waals surface area contributed by atoms with Gasteiger partial charge in [-0.3, -0.25) is 4.79 Å². The van der Waals surface area contributed by atoms with Gasteiger partial charge in [-0.2, -0.15) is 8.78 Å². The van der Waals surface area contributed by atoms with Crippen molar-refractivity contribution in [3.05, 3.63) is 28.8 Å². The zero-order chi connectivity index (χ0) is 17.1. The Morgan fingerprint density at radius 2 is 1.96 bits per heavy atom. The number of aryl methyl sites for hydroxylation is 2. The molecule has 1 amide bonds. The number of ether oxygens (including phenoxy) is 2. The van der Waals surface area contributed by atoms with E-state index in [2.05, 4.69) is 4.74 Å². The number of nitrogens with zero attached hydrogens (tertiary/aromatic N) is 1. The Labute approximate surface area is 131 Å². The first-order chi connectivity index (χ1) is 10.8. The maximum Gasteiger partial charge on any atom is 0.387 e. The number of carbonyl (C=O) groups is 2. The van der Waals surface area contributed by atoms with Crippen molar-refractivity contribution in [3.8, 4) is 5.75 Å². The average Bonchev–Trinajstić information content (AvgIpc) is 2.49. The van der Waals surface area contributed by atoms with Crippen LogP contribution in [0.3, 0.4) is 0 Å². The summed E-state index contributed by atoms with van der Waals surface area (Å²) < 4.78 is 34.3. The highest BCUT2D eigenvalue weighted by molar-refractivity contribution is 5.95. The van der Waals surface area contributed by atoms with Gasteiger partial charge in [0.1, 0.15) is 5.75 Å². The molecule has 0 bridgehead atoms. The van der Waals surface area contributed by atoms with Crippen LogP contribution in [0.2, 0.25) is 0 Å². The van der Waals surface area contributed by atoms with Gasteiger partial charge in [0.2, 0.25) is 0 Å². The fraction of sp³-hybridized carbons (Fsp3) is 0.467. The molecule has 0 saturated carbocycles. The number of hydrogen-bond donors (Lipinski definition) is 1. The number of hydrogen-bond acceptors (Lipinski definition) is 4. The molecule has 2 rings (SSSR count). The lowest BCUT2D eigenvalue weighted by Gasteiger charge is -2.31. The molecule has 0 aromatic heterocycles. The molecule has 23 heavy (non-hydrogen) atoms.